The third kappa shape index (κ3) is 4.04. The summed E-state index contributed by atoms with van der Waals surface area (Å²) in [6, 6.07) is 5.00. The molecule has 5 heteroatoms. The molecular formula is C12H13ClN2O2. The lowest BCUT2D eigenvalue weighted by atomic mass is 10.1. The second-order valence-electron chi connectivity index (χ2n) is 4.50. The molecule has 1 aromatic rings. The van der Waals surface area contributed by atoms with Crippen LogP contribution < -0.4 is 0 Å². The van der Waals surface area contributed by atoms with E-state index in [2.05, 4.69) is 4.98 Å². The van der Waals surface area contributed by atoms with Crippen molar-refractivity contribution in [2.45, 2.75) is 32.3 Å². The third-order valence-electron chi connectivity index (χ3n) is 1.82. The third-order valence-corrected chi connectivity index (χ3v) is 2.04. The minimum Gasteiger partial charge on any atom is -0.459 e. The number of nitriles is 1. The van der Waals surface area contributed by atoms with Gasteiger partial charge in [0.05, 0.1) is 16.8 Å². The summed E-state index contributed by atoms with van der Waals surface area (Å²) in [7, 11) is 0. The topological polar surface area (TPSA) is 63.0 Å². The second kappa shape index (κ2) is 5.15. The summed E-state index contributed by atoms with van der Waals surface area (Å²) in [5.41, 5.74) is -0.287. The number of pyridine rings is 1. The maximum absolute atomic E-state index is 11.8. The van der Waals surface area contributed by atoms with Gasteiger partial charge in [-0.05, 0) is 32.9 Å². The Labute approximate surface area is 105 Å². The number of halogens is 1. The number of hydrogen-bond donors (Lipinski definition) is 0. The van der Waals surface area contributed by atoms with E-state index in [1.165, 1.54) is 6.20 Å². The molecule has 17 heavy (non-hydrogen) atoms. The first kappa shape index (κ1) is 13.5. The minimum atomic E-state index is -1.02. The van der Waals surface area contributed by atoms with E-state index in [1.54, 1.807) is 32.9 Å². The molecule has 0 fully saturated rings. The minimum absolute atomic E-state index is 0.339. The zero-order valence-electron chi connectivity index (χ0n) is 9.90. The monoisotopic (exact) mass is 252 g/mol. The van der Waals surface area contributed by atoms with Gasteiger partial charge in [-0.3, -0.25) is 9.78 Å². The molecule has 90 valence electrons. The van der Waals surface area contributed by atoms with Crippen LogP contribution in [0.5, 0.6) is 0 Å². The number of esters is 1. The van der Waals surface area contributed by atoms with Crippen LogP contribution in [-0.2, 0) is 9.53 Å². The van der Waals surface area contributed by atoms with Gasteiger partial charge in [-0.25, -0.2) is 0 Å². The van der Waals surface area contributed by atoms with E-state index in [-0.39, 0.29) is 0 Å². The van der Waals surface area contributed by atoms with Gasteiger partial charge >= 0.3 is 5.97 Å². The molecule has 0 unspecified atom stereocenters. The maximum atomic E-state index is 11.8. The summed E-state index contributed by atoms with van der Waals surface area (Å²) in [6.07, 6.45) is 1.39. The molecule has 1 heterocycles. The molecule has 0 aliphatic rings. The number of ether oxygens (including phenoxy) is 1. The second-order valence-corrected chi connectivity index (χ2v) is 4.93. The van der Waals surface area contributed by atoms with E-state index < -0.39 is 17.5 Å². The number of rotatable bonds is 2. The van der Waals surface area contributed by atoms with Crippen molar-refractivity contribution in [1.29, 1.82) is 5.26 Å². The molecule has 0 aliphatic carbocycles. The molecule has 0 saturated heterocycles. The highest BCUT2D eigenvalue weighted by molar-refractivity contribution is 6.30. The van der Waals surface area contributed by atoms with Crippen molar-refractivity contribution in [3.8, 4) is 6.07 Å². The average Bonchev–Trinajstić information content (AvgIpc) is 2.19. The molecule has 1 aromatic heterocycles. The van der Waals surface area contributed by atoms with E-state index in [1.807, 2.05) is 6.07 Å². The van der Waals surface area contributed by atoms with Crippen molar-refractivity contribution >= 4 is 17.6 Å². The predicted octanol–water partition coefficient (Wildman–Crippen LogP) is 2.68. The van der Waals surface area contributed by atoms with Gasteiger partial charge in [-0.2, -0.15) is 5.26 Å². The van der Waals surface area contributed by atoms with Crippen LogP contribution in [0.3, 0.4) is 0 Å². The van der Waals surface area contributed by atoms with Gasteiger partial charge in [-0.15, -0.1) is 0 Å². The van der Waals surface area contributed by atoms with E-state index in [0.717, 1.165) is 0 Å². The highest BCUT2D eigenvalue weighted by Gasteiger charge is 2.27. The molecule has 0 aliphatic heterocycles. The largest absolute Gasteiger partial charge is 0.459 e. The summed E-state index contributed by atoms with van der Waals surface area (Å²) in [5, 5.41) is 9.45. The molecule has 0 bridgehead atoms. The van der Waals surface area contributed by atoms with Gasteiger partial charge in [0.15, 0.2) is 5.92 Å². The molecule has 1 rings (SSSR count). The quantitative estimate of drug-likeness (QED) is 0.759. The fourth-order valence-corrected chi connectivity index (χ4v) is 1.27. The fourth-order valence-electron chi connectivity index (χ4n) is 1.16. The van der Waals surface area contributed by atoms with Crippen molar-refractivity contribution in [2.75, 3.05) is 0 Å². The summed E-state index contributed by atoms with van der Waals surface area (Å²) < 4.78 is 5.14. The highest BCUT2D eigenvalue weighted by atomic mass is 35.5. The molecular weight excluding hydrogens is 240 g/mol. The van der Waals surface area contributed by atoms with E-state index in [4.69, 9.17) is 21.6 Å². The Kier molecular flexibility index (Phi) is 4.08. The first-order valence-corrected chi connectivity index (χ1v) is 5.45. The number of carbonyl (C=O) groups excluding carboxylic acids is 1. The van der Waals surface area contributed by atoms with Gasteiger partial charge in [0.25, 0.3) is 0 Å². The lowest BCUT2D eigenvalue weighted by Gasteiger charge is -2.21. The van der Waals surface area contributed by atoms with Crippen LogP contribution in [0.1, 0.15) is 32.4 Å². The zero-order valence-corrected chi connectivity index (χ0v) is 10.7. The average molecular weight is 253 g/mol. The summed E-state index contributed by atoms with van der Waals surface area (Å²) in [6.45, 7) is 5.23. The zero-order chi connectivity index (χ0) is 13.1. The Morgan fingerprint density at radius 1 is 1.53 bits per heavy atom. The van der Waals surface area contributed by atoms with Crippen molar-refractivity contribution in [2.24, 2.45) is 0 Å². The van der Waals surface area contributed by atoms with Crippen LogP contribution in [-0.4, -0.2) is 16.6 Å². The normalized spacial score (nSPS) is 12.6. The predicted molar refractivity (Wildman–Crippen MR) is 63.4 cm³/mol. The van der Waals surface area contributed by atoms with Crippen LogP contribution in [0.15, 0.2) is 18.3 Å². The molecule has 0 spiro atoms. The Morgan fingerprint density at radius 3 is 2.59 bits per heavy atom. The van der Waals surface area contributed by atoms with Gasteiger partial charge in [0, 0.05) is 6.20 Å². The standard InChI is InChI=1S/C12H13ClN2O2/c1-12(2,3)17-11(16)9(6-14)10-5-4-8(13)7-15-10/h4-5,7,9H,1-3H3/t9-/m1/s1. The SMILES string of the molecule is CC(C)(C)OC(=O)[C@H](C#N)c1ccc(Cl)cn1. The Balaban J connectivity index is 2.90. The van der Waals surface area contributed by atoms with Crippen LogP contribution in [0.4, 0.5) is 0 Å². The summed E-state index contributed by atoms with van der Waals surface area (Å²) in [5.74, 6) is -1.62. The van der Waals surface area contributed by atoms with E-state index in [0.29, 0.717) is 10.7 Å². The van der Waals surface area contributed by atoms with Crippen LogP contribution in [0.25, 0.3) is 0 Å². The summed E-state index contributed by atoms with van der Waals surface area (Å²) in [4.78, 5) is 15.7. The van der Waals surface area contributed by atoms with Crippen molar-refractivity contribution in [3.63, 3.8) is 0 Å². The maximum Gasteiger partial charge on any atom is 0.330 e. The summed E-state index contributed by atoms with van der Waals surface area (Å²) >= 11 is 5.68. The van der Waals surface area contributed by atoms with Crippen molar-refractivity contribution in [3.05, 3.63) is 29.0 Å². The van der Waals surface area contributed by atoms with Crippen LogP contribution >= 0.6 is 11.6 Å². The van der Waals surface area contributed by atoms with Crippen LogP contribution in [0, 0.1) is 11.3 Å². The number of nitrogens with zero attached hydrogens (tertiary/aromatic N) is 2. The van der Waals surface area contributed by atoms with Gasteiger partial charge in [-0.1, -0.05) is 11.6 Å². The fraction of sp³-hybridized carbons (Fsp3) is 0.417. The molecule has 0 amide bonds. The van der Waals surface area contributed by atoms with Crippen molar-refractivity contribution in [1.82, 2.24) is 4.98 Å². The highest BCUT2D eigenvalue weighted by Crippen LogP contribution is 2.19. The first-order chi connectivity index (χ1) is 7.83. The first-order valence-electron chi connectivity index (χ1n) is 5.07. The molecule has 1 atom stereocenters. The molecule has 0 radical (unpaired) electrons. The van der Waals surface area contributed by atoms with Gasteiger partial charge < -0.3 is 4.74 Å². The molecule has 0 aromatic carbocycles. The Hall–Kier alpha value is -1.60. The Morgan fingerprint density at radius 2 is 2.18 bits per heavy atom. The smallest absolute Gasteiger partial charge is 0.330 e. The lowest BCUT2D eigenvalue weighted by Crippen LogP contribution is -2.27. The molecule has 4 nitrogen and oxygen atoms in total. The number of hydrogen-bond acceptors (Lipinski definition) is 4. The lowest BCUT2D eigenvalue weighted by molar-refractivity contribution is -0.155. The number of carbonyl (C=O) groups is 1. The van der Waals surface area contributed by atoms with Crippen molar-refractivity contribution < 1.29 is 9.53 Å². The van der Waals surface area contributed by atoms with Crippen LogP contribution in [0.2, 0.25) is 5.02 Å². The number of aromatic nitrogens is 1. The van der Waals surface area contributed by atoms with Gasteiger partial charge in [0.2, 0.25) is 0 Å². The van der Waals surface area contributed by atoms with Gasteiger partial charge in [0.1, 0.15) is 5.60 Å². The Bertz CT molecular complexity index is 443. The van der Waals surface area contributed by atoms with E-state index in [9.17, 15) is 4.79 Å². The molecule has 0 N–H and O–H groups in total. The molecule has 0 saturated carbocycles. The van der Waals surface area contributed by atoms with E-state index >= 15 is 0 Å².